The van der Waals surface area contributed by atoms with Crippen molar-refractivity contribution in [2.45, 2.75) is 52.6 Å². The maximum atomic E-state index is 10.2. The highest BCUT2D eigenvalue weighted by Gasteiger charge is 2.51. The second kappa shape index (κ2) is 4.03. The van der Waals surface area contributed by atoms with E-state index < -0.39 is 0 Å². The third kappa shape index (κ3) is 1.75. The molecular formula is C15H24O. The average Bonchev–Trinajstić information content (AvgIpc) is 2.52. The first-order valence-electron chi connectivity index (χ1n) is 6.46. The van der Waals surface area contributed by atoms with Crippen molar-refractivity contribution in [3.63, 3.8) is 0 Å². The summed E-state index contributed by atoms with van der Waals surface area (Å²) in [5.41, 5.74) is 2.85. The van der Waals surface area contributed by atoms with E-state index in [9.17, 15) is 5.11 Å². The Morgan fingerprint density at radius 2 is 2.12 bits per heavy atom. The van der Waals surface area contributed by atoms with Gasteiger partial charge in [-0.3, -0.25) is 0 Å². The maximum Gasteiger partial charge on any atom is 0.0602 e. The molecule has 90 valence electrons. The van der Waals surface area contributed by atoms with E-state index in [0.29, 0.717) is 11.8 Å². The van der Waals surface area contributed by atoms with Gasteiger partial charge in [0.1, 0.15) is 0 Å². The van der Waals surface area contributed by atoms with Gasteiger partial charge < -0.3 is 5.11 Å². The summed E-state index contributed by atoms with van der Waals surface area (Å²) >= 11 is 0. The molecule has 0 saturated heterocycles. The van der Waals surface area contributed by atoms with Crippen molar-refractivity contribution in [2.75, 3.05) is 0 Å². The first-order chi connectivity index (χ1) is 7.45. The van der Waals surface area contributed by atoms with Crippen LogP contribution in [0.5, 0.6) is 0 Å². The lowest BCUT2D eigenvalue weighted by Crippen LogP contribution is -2.41. The Morgan fingerprint density at radius 1 is 1.44 bits per heavy atom. The molecule has 4 atom stereocenters. The SMILES string of the molecule is C=C1CC[C@H](O)[C@@]2(C)CC[C@@H](C=C(C)C)C12. The van der Waals surface area contributed by atoms with Crippen molar-refractivity contribution in [3.05, 3.63) is 23.8 Å². The van der Waals surface area contributed by atoms with Crippen molar-refractivity contribution >= 4 is 0 Å². The topological polar surface area (TPSA) is 20.2 Å². The smallest absolute Gasteiger partial charge is 0.0602 e. The fourth-order valence-corrected chi connectivity index (χ4v) is 3.85. The van der Waals surface area contributed by atoms with Crippen molar-refractivity contribution < 1.29 is 5.11 Å². The first kappa shape index (κ1) is 11.9. The second-order valence-corrected chi connectivity index (χ2v) is 6.14. The van der Waals surface area contributed by atoms with Crippen molar-refractivity contribution in [2.24, 2.45) is 17.3 Å². The number of aliphatic hydroxyl groups excluding tert-OH is 1. The zero-order valence-corrected chi connectivity index (χ0v) is 10.8. The van der Waals surface area contributed by atoms with E-state index >= 15 is 0 Å². The number of hydrogen-bond donors (Lipinski definition) is 1. The largest absolute Gasteiger partial charge is 0.393 e. The molecule has 0 bridgehead atoms. The van der Waals surface area contributed by atoms with E-state index in [0.717, 1.165) is 19.3 Å². The van der Waals surface area contributed by atoms with Gasteiger partial charge in [-0.2, -0.15) is 0 Å². The Balaban J connectivity index is 2.30. The molecule has 0 amide bonds. The molecule has 2 fully saturated rings. The molecule has 1 N–H and O–H groups in total. The molecule has 16 heavy (non-hydrogen) atoms. The summed E-state index contributed by atoms with van der Waals surface area (Å²) < 4.78 is 0. The van der Waals surface area contributed by atoms with E-state index in [1.54, 1.807) is 0 Å². The van der Waals surface area contributed by atoms with Crippen LogP contribution in [0.4, 0.5) is 0 Å². The fourth-order valence-electron chi connectivity index (χ4n) is 3.85. The summed E-state index contributed by atoms with van der Waals surface area (Å²) in [5, 5.41) is 10.2. The normalized spacial score (nSPS) is 43.0. The van der Waals surface area contributed by atoms with Crippen molar-refractivity contribution in [1.29, 1.82) is 0 Å². The Bertz CT molecular complexity index is 324. The number of hydrogen-bond acceptors (Lipinski definition) is 1. The molecule has 0 heterocycles. The van der Waals surface area contributed by atoms with Crippen LogP contribution in [0, 0.1) is 17.3 Å². The fraction of sp³-hybridized carbons (Fsp3) is 0.733. The molecule has 2 saturated carbocycles. The van der Waals surface area contributed by atoms with Crippen LogP contribution >= 0.6 is 0 Å². The van der Waals surface area contributed by atoms with Gasteiger partial charge >= 0.3 is 0 Å². The van der Waals surface area contributed by atoms with Crippen LogP contribution in [0.25, 0.3) is 0 Å². The molecule has 0 spiro atoms. The van der Waals surface area contributed by atoms with Crippen LogP contribution in [0.2, 0.25) is 0 Å². The van der Waals surface area contributed by atoms with E-state index in [-0.39, 0.29) is 11.5 Å². The summed E-state index contributed by atoms with van der Waals surface area (Å²) in [5.74, 6) is 1.11. The van der Waals surface area contributed by atoms with Crippen molar-refractivity contribution in [1.82, 2.24) is 0 Å². The van der Waals surface area contributed by atoms with Gasteiger partial charge in [-0.15, -0.1) is 0 Å². The summed E-state index contributed by atoms with van der Waals surface area (Å²) in [4.78, 5) is 0. The third-order valence-electron chi connectivity index (χ3n) is 4.64. The minimum Gasteiger partial charge on any atom is -0.393 e. The van der Waals surface area contributed by atoms with Gasteiger partial charge in [-0.25, -0.2) is 0 Å². The van der Waals surface area contributed by atoms with E-state index in [1.807, 2.05) is 0 Å². The quantitative estimate of drug-likeness (QED) is 0.668. The molecular weight excluding hydrogens is 196 g/mol. The van der Waals surface area contributed by atoms with E-state index in [2.05, 4.69) is 33.4 Å². The molecule has 2 aliphatic carbocycles. The minimum atomic E-state index is -0.126. The summed E-state index contributed by atoms with van der Waals surface area (Å²) in [6.45, 7) is 10.8. The van der Waals surface area contributed by atoms with Crippen LogP contribution in [-0.4, -0.2) is 11.2 Å². The summed E-state index contributed by atoms with van der Waals surface area (Å²) in [7, 11) is 0. The van der Waals surface area contributed by atoms with Crippen LogP contribution in [0.1, 0.15) is 46.5 Å². The van der Waals surface area contributed by atoms with E-state index in [4.69, 9.17) is 0 Å². The molecule has 1 heteroatoms. The Kier molecular flexibility index (Phi) is 3.00. The Morgan fingerprint density at radius 3 is 2.75 bits per heavy atom. The lowest BCUT2D eigenvalue weighted by Gasteiger charge is -2.43. The minimum absolute atomic E-state index is 0.0892. The molecule has 0 aliphatic heterocycles. The van der Waals surface area contributed by atoms with Gasteiger partial charge in [0.15, 0.2) is 0 Å². The molecule has 1 nitrogen and oxygen atoms in total. The molecule has 1 unspecified atom stereocenters. The predicted octanol–water partition coefficient (Wildman–Crippen LogP) is 3.70. The van der Waals surface area contributed by atoms with Gasteiger partial charge in [0.05, 0.1) is 6.10 Å². The molecule has 2 aliphatic rings. The Labute approximate surface area is 99.3 Å². The number of aliphatic hydroxyl groups is 1. The lowest BCUT2D eigenvalue weighted by molar-refractivity contribution is -0.00816. The maximum absolute atomic E-state index is 10.2. The zero-order valence-electron chi connectivity index (χ0n) is 10.8. The average molecular weight is 220 g/mol. The molecule has 0 aromatic rings. The third-order valence-corrected chi connectivity index (χ3v) is 4.64. The zero-order chi connectivity index (χ0) is 11.9. The molecule has 0 aromatic heterocycles. The standard InChI is InChI=1S/C15H24O/c1-10(2)9-12-7-8-15(4)13(16)6-5-11(3)14(12)15/h9,12-14,16H,3,5-8H2,1-2,4H3/t12-,13-,14?,15+/m0/s1. The first-order valence-corrected chi connectivity index (χ1v) is 6.46. The summed E-state index contributed by atoms with van der Waals surface area (Å²) in [6, 6.07) is 0. The van der Waals surface area contributed by atoms with Crippen LogP contribution in [0.15, 0.2) is 23.8 Å². The number of fused-ring (bicyclic) bond motifs is 1. The van der Waals surface area contributed by atoms with Gasteiger partial charge in [0.25, 0.3) is 0 Å². The summed E-state index contributed by atoms with van der Waals surface area (Å²) in [6.07, 6.45) is 6.54. The van der Waals surface area contributed by atoms with E-state index in [1.165, 1.54) is 17.6 Å². The van der Waals surface area contributed by atoms with Crippen LogP contribution in [0.3, 0.4) is 0 Å². The molecule has 2 rings (SSSR count). The van der Waals surface area contributed by atoms with Crippen LogP contribution in [-0.2, 0) is 0 Å². The van der Waals surface area contributed by atoms with Crippen molar-refractivity contribution in [3.8, 4) is 0 Å². The molecule has 0 radical (unpaired) electrons. The highest BCUT2D eigenvalue weighted by atomic mass is 16.3. The predicted molar refractivity (Wildman–Crippen MR) is 68.1 cm³/mol. The van der Waals surface area contributed by atoms with Gasteiger partial charge in [-0.1, -0.05) is 30.7 Å². The molecule has 0 aromatic carbocycles. The van der Waals surface area contributed by atoms with Gasteiger partial charge in [0, 0.05) is 5.41 Å². The van der Waals surface area contributed by atoms with Crippen LogP contribution < -0.4 is 0 Å². The van der Waals surface area contributed by atoms with Gasteiger partial charge in [0.2, 0.25) is 0 Å². The van der Waals surface area contributed by atoms with Gasteiger partial charge in [-0.05, 0) is 51.4 Å². The number of rotatable bonds is 1. The lowest BCUT2D eigenvalue weighted by atomic mass is 9.64. The Hall–Kier alpha value is -0.560. The second-order valence-electron chi connectivity index (χ2n) is 6.14. The highest BCUT2D eigenvalue weighted by molar-refractivity contribution is 5.21. The number of allylic oxidation sites excluding steroid dienone is 3. The highest BCUT2D eigenvalue weighted by Crippen LogP contribution is 2.56. The monoisotopic (exact) mass is 220 g/mol.